The highest BCUT2D eigenvalue weighted by Gasteiger charge is 2.41. The minimum absolute atomic E-state index is 0.0246. The molecule has 0 fully saturated rings. The summed E-state index contributed by atoms with van der Waals surface area (Å²) in [7, 11) is 0. The van der Waals surface area contributed by atoms with E-state index in [0.29, 0.717) is 30.7 Å². The Morgan fingerprint density at radius 3 is 1.74 bits per heavy atom. The van der Waals surface area contributed by atoms with E-state index < -0.39 is 63.7 Å². The summed E-state index contributed by atoms with van der Waals surface area (Å²) in [5.41, 5.74) is -2.01. The molecule has 0 bridgehead atoms. The van der Waals surface area contributed by atoms with Crippen molar-refractivity contribution in [3.63, 3.8) is 0 Å². The average molecular weight is 593 g/mol. The molecule has 0 aliphatic rings. The summed E-state index contributed by atoms with van der Waals surface area (Å²) in [4.78, 5) is 0. The van der Waals surface area contributed by atoms with Crippen molar-refractivity contribution in [2.24, 2.45) is 0 Å². The number of ether oxygens (including phenoxy) is 1. The highest BCUT2D eigenvalue weighted by atomic mass is 19.3. The van der Waals surface area contributed by atoms with Crippen molar-refractivity contribution in [1.29, 1.82) is 0 Å². The maximum absolute atomic E-state index is 14.9. The molecule has 0 radical (unpaired) electrons. The van der Waals surface area contributed by atoms with Crippen LogP contribution in [0.5, 0.6) is 5.75 Å². The zero-order chi connectivity index (χ0) is 30.6. The van der Waals surface area contributed by atoms with Crippen molar-refractivity contribution in [3.8, 4) is 28.7 Å². The van der Waals surface area contributed by atoms with Gasteiger partial charge in [0, 0.05) is 23.3 Å². The molecule has 10 heteroatoms. The predicted molar refractivity (Wildman–Crippen MR) is 138 cm³/mol. The van der Waals surface area contributed by atoms with Crippen molar-refractivity contribution in [3.05, 3.63) is 124 Å². The smallest absolute Gasteiger partial charge is 0.429 e. The zero-order valence-electron chi connectivity index (χ0n) is 21.9. The van der Waals surface area contributed by atoms with E-state index in [1.54, 1.807) is 0 Å². The molecule has 0 unspecified atom stereocenters. The Kier molecular flexibility index (Phi) is 9.20. The minimum Gasteiger partial charge on any atom is -0.429 e. The summed E-state index contributed by atoms with van der Waals surface area (Å²) in [5, 5.41) is 0. The van der Waals surface area contributed by atoms with Gasteiger partial charge in [-0.3, -0.25) is 0 Å². The van der Waals surface area contributed by atoms with Crippen molar-refractivity contribution >= 4 is 0 Å². The maximum atomic E-state index is 14.9. The number of hydrogen-bond donors (Lipinski definition) is 0. The van der Waals surface area contributed by atoms with Gasteiger partial charge >= 0.3 is 6.11 Å². The second kappa shape index (κ2) is 12.6. The molecule has 0 saturated heterocycles. The highest BCUT2D eigenvalue weighted by Crippen LogP contribution is 2.38. The van der Waals surface area contributed by atoms with E-state index in [1.807, 2.05) is 6.92 Å². The maximum Gasteiger partial charge on any atom is 0.432 e. The molecule has 0 saturated carbocycles. The summed E-state index contributed by atoms with van der Waals surface area (Å²) in [6, 6.07) is 9.01. The standard InChI is InChI=1S/C32H21F9O/c1-2-3-4-5-19-12-25(35)30(26(36)13-19)32(40,41)42-22-16-23(33)29(24(34)17-22)21-10-8-18(9-11-21)6-7-20-14-27(37)31(39)28(38)15-20/h8-17H,2-5H2,1H3. The largest absolute Gasteiger partial charge is 0.432 e. The molecule has 0 heterocycles. The van der Waals surface area contributed by atoms with Gasteiger partial charge in [0.05, 0.1) is 5.56 Å². The van der Waals surface area contributed by atoms with Crippen LogP contribution in [0.3, 0.4) is 0 Å². The summed E-state index contributed by atoms with van der Waals surface area (Å²) < 4.78 is 132. The fraction of sp³-hybridized carbons (Fsp3) is 0.188. The molecule has 42 heavy (non-hydrogen) atoms. The Morgan fingerprint density at radius 2 is 1.19 bits per heavy atom. The first kappa shape index (κ1) is 30.6. The highest BCUT2D eigenvalue weighted by molar-refractivity contribution is 5.67. The number of halogens is 9. The van der Waals surface area contributed by atoms with Crippen LogP contribution in [0.1, 0.15) is 48.4 Å². The third-order valence-electron chi connectivity index (χ3n) is 6.23. The van der Waals surface area contributed by atoms with Gasteiger partial charge in [0.2, 0.25) is 0 Å². The monoisotopic (exact) mass is 592 g/mol. The molecule has 0 amide bonds. The number of alkyl halides is 2. The Balaban J connectivity index is 1.54. The number of rotatable bonds is 8. The second-order valence-electron chi connectivity index (χ2n) is 9.35. The molecule has 218 valence electrons. The number of aryl methyl sites for hydroxylation is 1. The van der Waals surface area contributed by atoms with Gasteiger partial charge in [-0.1, -0.05) is 43.7 Å². The van der Waals surface area contributed by atoms with E-state index in [0.717, 1.165) is 25.0 Å². The van der Waals surface area contributed by atoms with Crippen molar-refractivity contribution < 1.29 is 44.3 Å². The van der Waals surface area contributed by atoms with Crippen molar-refractivity contribution in [2.45, 2.75) is 38.7 Å². The molecule has 0 spiro atoms. The van der Waals surface area contributed by atoms with Crippen LogP contribution in [0, 0.1) is 52.6 Å². The first-order valence-corrected chi connectivity index (χ1v) is 12.7. The van der Waals surface area contributed by atoms with Gasteiger partial charge in [0.25, 0.3) is 0 Å². The van der Waals surface area contributed by atoms with Gasteiger partial charge in [-0.05, 0) is 60.4 Å². The predicted octanol–water partition coefficient (Wildman–Crippen LogP) is 9.59. The third-order valence-corrected chi connectivity index (χ3v) is 6.23. The lowest BCUT2D eigenvalue weighted by Crippen LogP contribution is -2.25. The minimum atomic E-state index is -4.59. The van der Waals surface area contributed by atoms with Gasteiger partial charge in [0.1, 0.15) is 34.6 Å². The average Bonchev–Trinajstić information content (AvgIpc) is 2.90. The molecule has 0 N–H and O–H groups in total. The lowest BCUT2D eigenvalue weighted by atomic mass is 10.0. The molecule has 4 aromatic carbocycles. The zero-order valence-corrected chi connectivity index (χ0v) is 21.9. The van der Waals surface area contributed by atoms with E-state index in [-0.39, 0.29) is 28.7 Å². The van der Waals surface area contributed by atoms with Crippen LogP contribution >= 0.6 is 0 Å². The number of hydrogen-bond acceptors (Lipinski definition) is 1. The molecular weight excluding hydrogens is 571 g/mol. The van der Waals surface area contributed by atoms with Crippen molar-refractivity contribution in [1.82, 2.24) is 0 Å². The lowest BCUT2D eigenvalue weighted by Gasteiger charge is -2.20. The Hall–Kier alpha value is -4.39. The Morgan fingerprint density at radius 1 is 0.643 bits per heavy atom. The van der Waals surface area contributed by atoms with Gasteiger partial charge in [-0.15, -0.1) is 0 Å². The Bertz CT molecular complexity index is 1600. The van der Waals surface area contributed by atoms with Crippen LogP contribution in [0.2, 0.25) is 0 Å². The number of benzene rings is 4. The first-order chi connectivity index (χ1) is 19.9. The fourth-order valence-corrected chi connectivity index (χ4v) is 4.20. The second-order valence-corrected chi connectivity index (χ2v) is 9.35. The van der Waals surface area contributed by atoms with E-state index in [2.05, 4.69) is 16.6 Å². The van der Waals surface area contributed by atoms with Crippen LogP contribution in [-0.2, 0) is 12.5 Å². The third kappa shape index (κ3) is 6.90. The molecule has 0 aliphatic carbocycles. The van der Waals surface area contributed by atoms with Crippen LogP contribution in [0.4, 0.5) is 39.5 Å². The molecule has 0 atom stereocenters. The summed E-state index contributed by atoms with van der Waals surface area (Å²) in [6.07, 6.45) is -2.05. The topological polar surface area (TPSA) is 9.23 Å². The van der Waals surface area contributed by atoms with Crippen LogP contribution in [0.25, 0.3) is 11.1 Å². The lowest BCUT2D eigenvalue weighted by molar-refractivity contribution is -0.189. The van der Waals surface area contributed by atoms with Crippen LogP contribution < -0.4 is 4.74 Å². The summed E-state index contributed by atoms with van der Waals surface area (Å²) in [5.74, 6) is -6.21. The SMILES string of the molecule is CCCCCc1cc(F)c(C(F)(F)Oc2cc(F)c(-c3ccc(C#Cc4cc(F)c(F)c(F)c4)cc3)c(F)c2)c(F)c1. The van der Waals surface area contributed by atoms with Crippen LogP contribution in [-0.4, -0.2) is 0 Å². The summed E-state index contributed by atoms with van der Waals surface area (Å²) >= 11 is 0. The van der Waals surface area contributed by atoms with Crippen molar-refractivity contribution in [2.75, 3.05) is 0 Å². The fourth-order valence-electron chi connectivity index (χ4n) is 4.20. The molecule has 0 aromatic heterocycles. The molecule has 4 rings (SSSR count). The van der Waals surface area contributed by atoms with E-state index in [9.17, 15) is 39.5 Å². The van der Waals surface area contributed by atoms with Gasteiger partial charge in [-0.2, -0.15) is 8.78 Å². The first-order valence-electron chi connectivity index (χ1n) is 12.7. The number of unbranched alkanes of at least 4 members (excludes halogenated alkanes) is 2. The van der Waals surface area contributed by atoms with E-state index in [1.165, 1.54) is 24.3 Å². The van der Waals surface area contributed by atoms with E-state index in [4.69, 9.17) is 0 Å². The van der Waals surface area contributed by atoms with Crippen LogP contribution in [0.15, 0.2) is 60.7 Å². The molecular formula is C32H21F9O. The quantitative estimate of drug-likeness (QED) is 0.0857. The Labute approximate surface area is 235 Å². The normalized spacial score (nSPS) is 11.3. The van der Waals surface area contributed by atoms with E-state index >= 15 is 0 Å². The van der Waals surface area contributed by atoms with Gasteiger partial charge in [-0.25, -0.2) is 30.7 Å². The molecule has 1 nitrogen and oxygen atoms in total. The van der Waals surface area contributed by atoms with Gasteiger partial charge in [0.15, 0.2) is 17.5 Å². The summed E-state index contributed by atoms with van der Waals surface area (Å²) in [6.45, 7) is 1.93. The molecule has 0 aliphatic heterocycles. The van der Waals surface area contributed by atoms with Gasteiger partial charge < -0.3 is 4.74 Å². The molecule has 4 aromatic rings.